The Hall–Kier alpha value is -1.47. The fraction of sp³-hybridized carbons (Fsp3) is 0.154. The molecule has 0 aliphatic carbocycles. The SMILES string of the molecule is C=CCc1c(C(F)(F)F)[nH]n(-c2ccc(Br)c(Cl)c2)c1=O. The lowest BCUT2D eigenvalue weighted by molar-refractivity contribution is -0.141. The van der Waals surface area contributed by atoms with E-state index in [4.69, 9.17) is 11.6 Å². The highest BCUT2D eigenvalue weighted by molar-refractivity contribution is 9.10. The number of rotatable bonds is 3. The van der Waals surface area contributed by atoms with Gasteiger partial charge in [-0.2, -0.15) is 13.2 Å². The lowest BCUT2D eigenvalue weighted by Crippen LogP contribution is -2.17. The zero-order chi connectivity index (χ0) is 15.8. The molecule has 1 heterocycles. The highest BCUT2D eigenvalue weighted by Gasteiger charge is 2.37. The molecule has 0 radical (unpaired) electrons. The maximum absolute atomic E-state index is 13.0. The van der Waals surface area contributed by atoms with Gasteiger partial charge in [0.1, 0.15) is 5.69 Å². The highest BCUT2D eigenvalue weighted by Crippen LogP contribution is 2.30. The molecule has 0 unspecified atom stereocenters. The Morgan fingerprint density at radius 2 is 2.10 bits per heavy atom. The van der Waals surface area contributed by atoms with Gasteiger partial charge >= 0.3 is 6.18 Å². The Balaban J connectivity index is 2.67. The first-order valence-corrected chi connectivity index (χ1v) is 6.90. The molecule has 8 heteroatoms. The van der Waals surface area contributed by atoms with Crippen LogP contribution in [-0.4, -0.2) is 9.78 Å². The average molecular weight is 382 g/mol. The van der Waals surface area contributed by atoms with Crippen LogP contribution in [0.15, 0.2) is 40.1 Å². The molecule has 1 aromatic carbocycles. The molecule has 0 saturated heterocycles. The van der Waals surface area contributed by atoms with Crippen LogP contribution in [0.1, 0.15) is 11.3 Å². The summed E-state index contributed by atoms with van der Waals surface area (Å²) in [7, 11) is 0. The Morgan fingerprint density at radius 3 is 2.62 bits per heavy atom. The smallest absolute Gasteiger partial charge is 0.286 e. The van der Waals surface area contributed by atoms with Gasteiger partial charge < -0.3 is 0 Å². The number of benzene rings is 1. The van der Waals surface area contributed by atoms with Crippen molar-refractivity contribution in [1.29, 1.82) is 0 Å². The van der Waals surface area contributed by atoms with E-state index in [0.717, 1.165) is 4.68 Å². The molecule has 0 amide bonds. The predicted octanol–water partition coefficient (Wildman–Crippen LogP) is 4.33. The van der Waals surface area contributed by atoms with E-state index in [0.29, 0.717) is 4.47 Å². The first-order chi connectivity index (χ1) is 9.75. The zero-order valence-corrected chi connectivity index (χ0v) is 12.8. The van der Waals surface area contributed by atoms with Crippen molar-refractivity contribution in [2.24, 2.45) is 0 Å². The van der Waals surface area contributed by atoms with Gasteiger partial charge in [-0.15, -0.1) is 6.58 Å². The van der Waals surface area contributed by atoms with Crippen LogP contribution in [0, 0.1) is 0 Å². The Labute approximate surface area is 131 Å². The van der Waals surface area contributed by atoms with E-state index in [9.17, 15) is 18.0 Å². The number of allylic oxidation sites excluding steroid dienone is 1. The number of aromatic nitrogens is 2. The molecule has 2 aromatic rings. The molecule has 0 atom stereocenters. The number of alkyl halides is 3. The van der Waals surface area contributed by atoms with Crippen molar-refractivity contribution < 1.29 is 13.2 Å². The monoisotopic (exact) mass is 380 g/mol. The summed E-state index contributed by atoms with van der Waals surface area (Å²) in [4.78, 5) is 12.2. The highest BCUT2D eigenvalue weighted by atomic mass is 79.9. The van der Waals surface area contributed by atoms with Crippen LogP contribution in [-0.2, 0) is 12.6 Å². The lowest BCUT2D eigenvalue weighted by atomic mass is 10.2. The van der Waals surface area contributed by atoms with E-state index < -0.39 is 17.4 Å². The van der Waals surface area contributed by atoms with Gasteiger partial charge in [-0.25, -0.2) is 4.68 Å². The lowest BCUT2D eigenvalue weighted by Gasteiger charge is -2.06. The number of aromatic amines is 1. The first kappa shape index (κ1) is 15.9. The summed E-state index contributed by atoms with van der Waals surface area (Å²) in [6.07, 6.45) is -3.58. The molecule has 21 heavy (non-hydrogen) atoms. The van der Waals surface area contributed by atoms with E-state index >= 15 is 0 Å². The van der Waals surface area contributed by atoms with Crippen molar-refractivity contribution in [3.8, 4) is 5.69 Å². The van der Waals surface area contributed by atoms with Crippen LogP contribution in [0.3, 0.4) is 0 Å². The molecule has 112 valence electrons. The maximum atomic E-state index is 13.0. The second-order valence-electron chi connectivity index (χ2n) is 4.19. The van der Waals surface area contributed by atoms with Gasteiger partial charge in [0.05, 0.1) is 16.3 Å². The van der Waals surface area contributed by atoms with Crippen LogP contribution < -0.4 is 5.56 Å². The second-order valence-corrected chi connectivity index (χ2v) is 5.46. The number of nitrogens with one attached hydrogen (secondary N) is 1. The standard InChI is InChI=1S/C13H9BrClF3N2O/c1-2-3-8-11(13(16,17)18)19-20(12(8)21)7-4-5-9(14)10(15)6-7/h2,4-6,19H,1,3H2. The first-order valence-electron chi connectivity index (χ1n) is 5.73. The average Bonchev–Trinajstić information content (AvgIpc) is 2.71. The third-order valence-corrected chi connectivity index (χ3v) is 4.01. The number of hydrogen-bond acceptors (Lipinski definition) is 1. The molecule has 3 nitrogen and oxygen atoms in total. The number of halogens is 5. The Morgan fingerprint density at radius 1 is 1.43 bits per heavy atom. The van der Waals surface area contributed by atoms with Gasteiger partial charge in [0, 0.05) is 4.47 Å². The minimum absolute atomic E-state index is 0.179. The minimum atomic E-state index is -4.65. The summed E-state index contributed by atoms with van der Waals surface area (Å²) in [6.45, 7) is 3.37. The third kappa shape index (κ3) is 3.08. The molecule has 0 aliphatic heterocycles. The summed E-state index contributed by atoms with van der Waals surface area (Å²) < 4.78 is 40.3. The van der Waals surface area contributed by atoms with E-state index in [2.05, 4.69) is 27.6 Å². The fourth-order valence-electron chi connectivity index (χ4n) is 1.85. The molecule has 2 rings (SSSR count). The van der Waals surface area contributed by atoms with Gasteiger partial charge in [-0.05, 0) is 40.5 Å². The zero-order valence-electron chi connectivity index (χ0n) is 10.5. The second kappa shape index (κ2) is 5.73. The van der Waals surface area contributed by atoms with E-state index in [1.807, 2.05) is 0 Å². The van der Waals surface area contributed by atoms with Gasteiger partial charge in [0.15, 0.2) is 0 Å². The summed E-state index contributed by atoms with van der Waals surface area (Å²) >= 11 is 9.07. The molecule has 0 bridgehead atoms. The van der Waals surface area contributed by atoms with Crippen LogP contribution in [0.25, 0.3) is 5.69 Å². The third-order valence-electron chi connectivity index (χ3n) is 2.78. The Bertz CT molecular complexity index is 749. The van der Waals surface area contributed by atoms with Gasteiger partial charge in [0.2, 0.25) is 0 Å². The summed E-state index contributed by atoms with van der Waals surface area (Å²) in [5, 5.41) is 2.38. The van der Waals surface area contributed by atoms with Crippen molar-refractivity contribution in [3.05, 3.63) is 62.0 Å². The van der Waals surface area contributed by atoms with E-state index in [1.165, 1.54) is 18.2 Å². The summed E-state index contributed by atoms with van der Waals surface area (Å²) in [5.74, 6) is 0. The topological polar surface area (TPSA) is 37.8 Å². The van der Waals surface area contributed by atoms with Crippen molar-refractivity contribution in [2.75, 3.05) is 0 Å². The van der Waals surface area contributed by atoms with E-state index in [-0.39, 0.29) is 22.7 Å². The number of nitrogens with zero attached hydrogens (tertiary/aromatic N) is 1. The molecular weight excluding hydrogens is 373 g/mol. The van der Waals surface area contributed by atoms with E-state index in [1.54, 1.807) is 6.07 Å². The van der Waals surface area contributed by atoms with Crippen molar-refractivity contribution >= 4 is 27.5 Å². The fourth-order valence-corrected chi connectivity index (χ4v) is 2.27. The van der Waals surface area contributed by atoms with Gasteiger partial charge in [-0.1, -0.05) is 17.7 Å². The molecule has 0 saturated carbocycles. The van der Waals surface area contributed by atoms with Crippen molar-refractivity contribution in [1.82, 2.24) is 9.78 Å². The predicted molar refractivity (Wildman–Crippen MR) is 78.0 cm³/mol. The summed E-state index contributed by atoms with van der Waals surface area (Å²) in [6, 6.07) is 4.42. The maximum Gasteiger partial charge on any atom is 0.433 e. The molecule has 1 aromatic heterocycles. The number of hydrogen-bond donors (Lipinski definition) is 1. The van der Waals surface area contributed by atoms with Crippen LogP contribution in [0.5, 0.6) is 0 Å². The minimum Gasteiger partial charge on any atom is -0.286 e. The normalized spacial score (nSPS) is 11.7. The van der Waals surface area contributed by atoms with Crippen LogP contribution in [0.4, 0.5) is 13.2 Å². The largest absolute Gasteiger partial charge is 0.433 e. The molecule has 0 fully saturated rings. The molecule has 0 spiro atoms. The van der Waals surface area contributed by atoms with Crippen molar-refractivity contribution in [2.45, 2.75) is 12.6 Å². The van der Waals surface area contributed by atoms with Crippen molar-refractivity contribution in [3.63, 3.8) is 0 Å². The molecule has 0 aliphatic rings. The van der Waals surface area contributed by atoms with Gasteiger partial charge in [0.25, 0.3) is 5.56 Å². The van der Waals surface area contributed by atoms with Crippen LogP contribution >= 0.6 is 27.5 Å². The molecular formula is C13H9BrClF3N2O. The molecule has 1 N–H and O–H groups in total. The quantitative estimate of drug-likeness (QED) is 0.790. The number of H-pyrrole nitrogens is 1. The Kier molecular flexibility index (Phi) is 4.34. The van der Waals surface area contributed by atoms with Gasteiger partial charge in [-0.3, -0.25) is 9.89 Å². The van der Waals surface area contributed by atoms with Crippen LogP contribution in [0.2, 0.25) is 5.02 Å². The summed E-state index contributed by atoms with van der Waals surface area (Å²) in [5.41, 5.74) is -2.02.